The maximum absolute atomic E-state index is 6.19. The van der Waals surface area contributed by atoms with Crippen molar-refractivity contribution in [1.29, 1.82) is 0 Å². The highest BCUT2D eigenvalue weighted by Crippen LogP contribution is 2.29. The average Bonchev–Trinajstić information content (AvgIpc) is 2.42. The molecule has 1 unspecified atom stereocenters. The van der Waals surface area contributed by atoms with Gasteiger partial charge in [0.05, 0.1) is 6.04 Å². The Balaban J connectivity index is 2.55. The first-order valence-electron chi connectivity index (χ1n) is 7.09. The van der Waals surface area contributed by atoms with E-state index in [1.807, 2.05) is 6.07 Å². The lowest BCUT2D eigenvalue weighted by molar-refractivity contribution is 0.624. The van der Waals surface area contributed by atoms with Gasteiger partial charge in [-0.1, -0.05) is 48.4 Å². The van der Waals surface area contributed by atoms with Crippen LogP contribution in [0.4, 0.5) is 0 Å². The summed E-state index contributed by atoms with van der Waals surface area (Å²) < 4.78 is 0. The smallest absolute Gasteiger partial charge is 0.0582 e. The lowest BCUT2D eigenvalue weighted by Gasteiger charge is -2.23. The van der Waals surface area contributed by atoms with Crippen molar-refractivity contribution < 1.29 is 0 Å². The van der Waals surface area contributed by atoms with Crippen LogP contribution < -0.4 is 5.32 Å². The maximum Gasteiger partial charge on any atom is 0.0582 e. The van der Waals surface area contributed by atoms with Gasteiger partial charge >= 0.3 is 0 Å². The van der Waals surface area contributed by atoms with Gasteiger partial charge in [0, 0.05) is 5.02 Å². The van der Waals surface area contributed by atoms with Crippen LogP contribution in [0.2, 0.25) is 5.02 Å². The van der Waals surface area contributed by atoms with Gasteiger partial charge in [-0.25, -0.2) is 0 Å². The minimum Gasteiger partial charge on any atom is -0.307 e. The number of aryl methyl sites for hydroxylation is 3. The summed E-state index contributed by atoms with van der Waals surface area (Å²) in [5.41, 5.74) is 6.45. The molecule has 0 aliphatic rings. The fourth-order valence-electron chi connectivity index (χ4n) is 2.58. The van der Waals surface area contributed by atoms with Crippen molar-refractivity contribution in [2.24, 2.45) is 0 Å². The highest BCUT2D eigenvalue weighted by Gasteiger charge is 2.17. The molecule has 106 valence electrons. The summed E-state index contributed by atoms with van der Waals surface area (Å²) in [6, 6.07) is 12.9. The molecule has 1 N–H and O–H groups in total. The Kier molecular flexibility index (Phi) is 4.85. The molecule has 0 aromatic heterocycles. The molecule has 2 heteroatoms. The van der Waals surface area contributed by atoms with E-state index in [4.69, 9.17) is 11.6 Å². The van der Waals surface area contributed by atoms with E-state index in [1.165, 1.54) is 27.8 Å². The fourth-order valence-corrected chi connectivity index (χ4v) is 2.77. The predicted octanol–water partition coefficient (Wildman–Crippen LogP) is 4.96. The van der Waals surface area contributed by atoms with Crippen molar-refractivity contribution in [1.82, 2.24) is 5.32 Å². The summed E-state index contributed by atoms with van der Waals surface area (Å²) in [7, 11) is 0. The van der Waals surface area contributed by atoms with Crippen LogP contribution in [-0.2, 0) is 0 Å². The molecule has 0 saturated carbocycles. The normalized spacial score (nSPS) is 12.4. The molecule has 0 amide bonds. The van der Waals surface area contributed by atoms with Crippen molar-refractivity contribution in [3.05, 3.63) is 69.2 Å². The zero-order chi connectivity index (χ0) is 14.7. The topological polar surface area (TPSA) is 12.0 Å². The predicted molar refractivity (Wildman–Crippen MR) is 87.6 cm³/mol. The number of benzene rings is 2. The highest BCUT2D eigenvalue weighted by molar-refractivity contribution is 6.30. The van der Waals surface area contributed by atoms with Gasteiger partial charge in [-0.15, -0.1) is 0 Å². The van der Waals surface area contributed by atoms with Crippen LogP contribution in [0.3, 0.4) is 0 Å². The second-order valence-corrected chi connectivity index (χ2v) is 5.79. The van der Waals surface area contributed by atoms with Gasteiger partial charge in [0.15, 0.2) is 0 Å². The average molecular weight is 288 g/mol. The minimum absolute atomic E-state index is 0.193. The van der Waals surface area contributed by atoms with Crippen LogP contribution in [-0.4, -0.2) is 6.54 Å². The van der Waals surface area contributed by atoms with Gasteiger partial charge in [0.25, 0.3) is 0 Å². The van der Waals surface area contributed by atoms with Gasteiger partial charge in [-0.05, 0) is 61.7 Å². The van der Waals surface area contributed by atoms with Crippen LogP contribution in [0.5, 0.6) is 0 Å². The summed E-state index contributed by atoms with van der Waals surface area (Å²) in [5.74, 6) is 0. The molecule has 2 rings (SSSR count). The van der Waals surface area contributed by atoms with E-state index in [-0.39, 0.29) is 6.04 Å². The number of halogens is 1. The molecule has 0 saturated heterocycles. The van der Waals surface area contributed by atoms with E-state index < -0.39 is 0 Å². The third-order valence-corrected chi connectivity index (χ3v) is 3.94. The molecule has 1 nitrogen and oxygen atoms in total. The van der Waals surface area contributed by atoms with E-state index in [9.17, 15) is 0 Å². The van der Waals surface area contributed by atoms with Crippen molar-refractivity contribution in [3.63, 3.8) is 0 Å². The Bertz CT molecular complexity index is 553. The molecule has 0 aliphatic heterocycles. The van der Waals surface area contributed by atoms with Gasteiger partial charge in [0.1, 0.15) is 0 Å². The molecule has 2 aromatic carbocycles. The SMILES string of the molecule is CCNC(c1cc(C)ccc1C)c1cc(Cl)ccc1C. The molecule has 1 atom stereocenters. The van der Waals surface area contributed by atoms with Crippen LogP contribution in [0, 0.1) is 20.8 Å². The molecule has 0 radical (unpaired) electrons. The van der Waals surface area contributed by atoms with Gasteiger partial charge in [-0.3, -0.25) is 0 Å². The summed E-state index contributed by atoms with van der Waals surface area (Å²) in [6.45, 7) is 9.50. The number of rotatable bonds is 4. The molecular formula is C18H22ClN. The molecule has 0 heterocycles. The van der Waals surface area contributed by atoms with Crippen molar-refractivity contribution in [2.45, 2.75) is 33.7 Å². The van der Waals surface area contributed by atoms with E-state index in [0.29, 0.717) is 0 Å². The van der Waals surface area contributed by atoms with Crippen molar-refractivity contribution >= 4 is 11.6 Å². The zero-order valence-electron chi connectivity index (χ0n) is 12.6. The summed E-state index contributed by atoms with van der Waals surface area (Å²) >= 11 is 6.19. The van der Waals surface area contributed by atoms with E-state index in [0.717, 1.165) is 11.6 Å². The van der Waals surface area contributed by atoms with Crippen molar-refractivity contribution in [2.75, 3.05) is 6.54 Å². The van der Waals surface area contributed by atoms with Gasteiger partial charge < -0.3 is 5.32 Å². The molecule has 2 aromatic rings. The lowest BCUT2D eigenvalue weighted by Crippen LogP contribution is -2.23. The number of hydrogen-bond acceptors (Lipinski definition) is 1. The zero-order valence-corrected chi connectivity index (χ0v) is 13.4. The monoisotopic (exact) mass is 287 g/mol. The first-order chi connectivity index (χ1) is 9.52. The Morgan fingerprint density at radius 3 is 2.20 bits per heavy atom. The summed E-state index contributed by atoms with van der Waals surface area (Å²) in [5, 5.41) is 4.38. The number of hydrogen-bond donors (Lipinski definition) is 1. The van der Waals surface area contributed by atoms with E-state index in [2.05, 4.69) is 63.3 Å². The van der Waals surface area contributed by atoms with Crippen LogP contribution in [0.15, 0.2) is 36.4 Å². The molecule has 0 spiro atoms. The first kappa shape index (κ1) is 15.1. The molecule has 0 fully saturated rings. The molecule has 20 heavy (non-hydrogen) atoms. The quantitative estimate of drug-likeness (QED) is 0.838. The first-order valence-corrected chi connectivity index (χ1v) is 7.47. The summed E-state index contributed by atoms with van der Waals surface area (Å²) in [6.07, 6.45) is 0. The third-order valence-electron chi connectivity index (χ3n) is 3.71. The van der Waals surface area contributed by atoms with E-state index >= 15 is 0 Å². The molecule has 0 bridgehead atoms. The van der Waals surface area contributed by atoms with Crippen LogP contribution in [0.1, 0.15) is 40.8 Å². The Morgan fingerprint density at radius 1 is 0.950 bits per heavy atom. The van der Waals surface area contributed by atoms with Gasteiger partial charge in [-0.2, -0.15) is 0 Å². The van der Waals surface area contributed by atoms with Crippen LogP contribution >= 0.6 is 11.6 Å². The third kappa shape index (κ3) is 3.23. The second kappa shape index (κ2) is 6.43. The maximum atomic E-state index is 6.19. The summed E-state index contributed by atoms with van der Waals surface area (Å²) in [4.78, 5) is 0. The Labute approximate surface area is 127 Å². The fraction of sp³-hybridized carbons (Fsp3) is 0.333. The highest BCUT2D eigenvalue weighted by atomic mass is 35.5. The standard InChI is InChI=1S/C18H22ClN/c1-5-20-18(16-10-12(2)6-7-13(16)3)17-11-15(19)9-8-14(17)4/h6-11,18,20H,5H2,1-4H3. The Hall–Kier alpha value is -1.31. The second-order valence-electron chi connectivity index (χ2n) is 5.35. The lowest BCUT2D eigenvalue weighted by atomic mass is 9.91. The van der Waals surface area contributed by atoms with Gasteiger partial charge in [0.2, 0.25) is 0 Å². The van der Waals surface area contributed by atoms with E-state index in [1.54, 1.807) is 0 Å². The molecule has 0 aliphatic carbocycles. The number of nitrogens with one attached hydrogen (secondary N) is 1. The minimum atomic E-state index is 0.193. The largest absolute Gasteiger partial charge is 0.307 e. The molecular weight excluding hydrogens is 266 g/mol. The Morgan fingerprint density at radius 2 is 1.55 bits per heavy atom. The van der Waals surface area contributed by atoms with Crippen LogP contribution in [0.25, 0.3) is 0 Å². The van der Waals surface area contributed by atoms with Crippen molar-refractivity contribution in [3.8, 4) is 0 Å².